The monoisotopic (exact) mass is 446 g/mol. The molecule has 156 valence electrons. The van der Waals surface area contributed by atoms with Crippen molar-refractivity contribution < 1.29 is 9.18 Å². The Balaban J connectivity index is 1.62. The van der Waals surface area contributed by atoms with Crippen LogP contribution in [0.25, 0.3) is 5.69 Å². The van der Waals surface area contributed by atoms with Crippen LogP contribution in [0.2, 0.25) is 10.0 Å². The average Bonchev–Trinajstić information content (AvgIpc) is 3.34. The van der Waals surface area contributed by atoms with Gasteiger partial charge in [-0.3, -0.25) is 4.79 Å². The predicted molar refractivity (Wildman–Crippen MR) is 115 cm³/mol. The molecule has 8 heteroatoms. The Bertz CT molecular complexity index is 1060. The molecule has 2 aromatic carbocycles. The summed E-state index contributed by atoms with van der Waals surface area (Å²) in [5.74, 6) is 0.224. The molecule has 0 N–H and O–H groups in total. The summed E-state index contributed by atoms with van der Waals surface area (Å²) >= 11 is 12.7. The first-order chi connectivity index (χ1) is 14.5. The van der Waals surface area contributed by atoms with Crippen molar-refractivity contribution in [2.24, 2.45) is 0 Å². The Kier molecular flexibility index (Phi) is 6.06. The van der Waals surface area contributed by atoms with Gasteiger partial charge in [0.15, 0.2) is 0 Å². The van der Waals surface area contributed by atoms with Gasteiger partial charge in [0, 0.05) is 19.0 Å². The van der Waals surface area contributed by atoms with Crippen molar-refractivity contribution in [2.45, 2.75) is 38.6 Å². The van der Waals surface area contributed by atoms with Gasteiger partial charge in [-0.2, -0.15) is 0 Å². The van der Waals surface area contributed by atoms with Crippen LogP contribution in [0.5, 0.6) is 0 Å². The maximum Gasteiger partial charge on any atom is 0.293 e. The lowest BCUT2D eigenvalue weighted by Gasteiger charge is -2.23. The summed E-state index contributed by atoms with van der Waals surface area (Å²) in [6.45, 7) is 2.56. The summed E-state index contributed by atoms with van der Waals surface area (Å²) in [7, 11) is 0. The van der Waals surface area contributed by atoms with Gasteiger partial charge in [-0.15, -0.1) is 5.10 Å². The molecule has 1 aromatic heterocycles. The lowest BCUT2D eigenvalue weighted by molar-refractivity contribution is 0.0724. The lowest BCUT2D eigenvalue weighted by Crippen LogP contribution is -2.37. The number of hydrogen-bond donors (Lipinski definition) is 0. The number of amides is 1. The fourth-order valence-electron chi connectivity index (χ4n) is 3.91. The molecular formula is C22H21Cl2FN4O. The Morgan fingerprint density at radius 1 is 1.20 bits per heavy atom. The van der Waals surface area contributed by atoms with Crippen LogP contribution in [0.3, 0.4) is 0 Å². The number of carbonyl (C=O) groups is 1. The molecule has 2 heterocycles. The molecule has 0 radical (unpaired) electrons. The normalized spacial score (nSPS) is 16.3. The zero-order valence-electron chi connectivity index (χ0n) is 16.5. The molecule has 4 rings (SSSR count). The van der Waals surface area contributed by atoms with E-state index in [2.05, 4.69) is 10.1 Å². The highest BCUT2D eigenvalue weighted by Gasteiger charge is 2.32. The molecule has 3 aromatic rings. The fraction of sp³-hybridized carbons (Fsp3) is 0.318. The van der Waals surface area contributed by atoms with Gasteiger partial charge in [-0.1, -0.05) is 48.3 Å². The minimum atomic E-state index is -0.270. The van der Waals surface area contributed by atoms with Crippen molar-refractivity contribution in [3.63, 3.8) is 0 Å². The maximum absolute atomic E-state index is 13.5. The largest absolute Gasteiger partial charge is 0.333 e. The van der Waals surface area contributed by atoms with Crippen LogP contribution in [0.15, 0.2) is 42.5 Å². The molecule has 0 aliphatic carbocycles. The third-order valence-corrected chi connectivity index (χ3v) is 5.94. The van der Waals surface area contributed by atoms with Crippen LogP contribution in [-0.4, -0.2) is 38.2 Å². The van der Waals surface area contributed by atoms with Crippen molar-refractivity contribution in [3.8, 4) is 5.69 Å². The minimum absolute atomic E-state index is 0.0137. The molecule has 1 amide bonds. The van der Waals surface area contributed by atoms with Crippen molar-refractivity contribution >= 4 is 29.1 Å². The van der Waals surface area contributed by atoms with Crippen molar-refractivity contribution in [2.75, 3.05) is 6.54 Å². The van der Waals surface area contributed by atoms with E-state index < -0.39 is 0 Å². The number of halogens is 3. The molecule has 1 saturated heterocycles. The number of aryl methyl sites for hydroxylation is 1. The Morgan fingerprint density at radius 3 is 2.63 bits per heavy atom. The molecule has 0 bridgehead atoms. The minimum Gasteiger partial charge on any atom is -0.333 e. The van der Waals surface area contributed by atoms with Crippen LogP contribution >= 0.6 is 23.2 Å². The number of rotatable bonds is 5. The second kappa shape index (κ2) is 8.74. The Morgan fingerprint density at radius 2 is 1.93 bits per heavy atom. The molecule has 1 atom stereocenters. The van der Waals surface area contributed by atoms with Crippen molar-refractivity contribution in [3.05, 3.63) is 75.5 Å². The zero-order chi connectivity index (χ0) is 21.3. The first-order valence-corrected chi connectivity index (χ1v) is 10.7. The first kappa shape index (κ1) is 20.8. The van der Waals surface area contributed by atoms with Gasteiger partial charge in [0.05, 0.1) is 10.0 Å². The number of benzene rings is 2. The number of nitrogens with zero attached hydrogens (tertiary/aromatic N) is 4. The summed E-state index contributed by atoms with van der Waals surface area (Å²) in [6.07, 6.45) is 2.92. The van der Waals surface area contributed by atoms with E-state index >= 15 is 0 Å². The number of likely N-dealkylation sites (tertiary alicyclic amines) is 1. The van der Waals surface area contributed by atoms with E-state index in [1.54, 1.807) is 33.8 Å². The predicted octanol–water partition coefficient (Wildman–Crippen LogP) is 5.12. The highest BCUT2D eigenvalue weighted by atomic mass is 35.5. The Labute approximate surface area is 184 Å². The van der Waals surface area contributed by atoms with E-state index in [-0.39, 0.29) is 23.6 Å². The highest BCUT2D eigenvalue weighted by molar-refractivity contribution is 6.37. The number of aromatic nitrogens is 3. The molecule has 1 aliphatic rings. The standard InChI is InChI=1S/C22H21Cl2FN4O/c1-2-19-26-21(27-29(19)20-17(23)9-4-10-18(20)24)22(30)28-11-5-8-16(28)13-14-6-3-7-15(25)12-14/h3-4,6-7,9-10,12,16H,2,5,8,11,13H2,1H3. The van der Waals surface area contributed by atoms with Gasteiger partial charge in [0.2, 0.25) is 5.82 Å². The summed E-state index contributed by atoms with van der Waals surface area (Å²) in [4.78, 5) is 19.5. The molecule has 1 aliphatic heterocycles. The molecule has 0 saturated carbocycles. The fourth-order valence-corrected chi connectivity index (χ4v) is 4.47. The van der Waals surface area contributed by atoms with E-state index in [4.69, 9.17) is 23.2 Å². The van der Waals surface area contributed by atoms with E-state index in [9.17, 15) is 9.18 Å². The van der Waals surface area contributed by atoms with E-state index in [0.29, 0.717) is 40.9 Å². The molecule has 0 spiro atoms. The van der Waals surface area contributed by atoms with Gasteiger partial charge < -0.3 is 4.90 Å². The molecule has 1 unspecified atom stereocenters. The van der Waals surface area contributed by atoms with Crippen LogP contribution in [0, 0.1) is 5.82 Å². The second-order valence-electron chi connectivity index (χ2n) is 7.32. The smallest absolute Gasteiger partial charge is 0.293 e. The quantitative estimate of drug-likeness (QED) is 0.546. The number of para-hydroxylation sites is 1. The van der Waals surface area contributed by atoms with E-state index in [1.165, 1.54) is 12.1 Å². The van der Waals surface area contributed by atoms with E-state index in [0.717, 1.165) is 18.4 Å². The number of carbonyl (C=O) groups excluding carboxylic acids is 1. The van der Waals surface area contributed by atoms with Gasteiger partial charge in [-0.05, 0) is 49.1 Å². The molecule has 1 fully saturated rings. The van der Waals surface area contributed by atoms with Gasteiger partial charge in [0.1, 0.15) is 17.3 Å². The van der Waals surface area contributed by atoms with Gasteiger partial charge >= 0.3 is 0 Å². The van der Waals surface area contributed by atoms with Crippen LogP contribution < -0.4 is 0 Å². The highest BCUT2D eigenvalue weighted by Crippen LogP contribution is 2.29. The van der Waals surface area contributed by atoms with Gasteiger partial charge in [0.25, 0.3) is 5.91 Å². The first-order valence-electron chi connectivity index (χ1n) is 9.93. The SMILES string of the molecule is CCc1nc(C(=O)N2CCCC2Cc2cccc(F)c2)nn1-c1c(Cl)cccc1Cl. The lowest BCUT2D eigenvalue weighted by atomic mass is 10.0. The molecule has 30 heavy (non-hydrogen) atoms. The van der Waals surface area contributed by atoms with E-state index in [1.807, 2.05) is 13.0 Å². The third-order valence-electron chi connectivity index (χ3n) is 5.33. The average molecular weight is 447 g/mol. The summed E-state index contributed by atoms with van der Waals surface area (Å²) in [5, 5.41) is 5.33. The zero-order valence-corrected chi connectivity index (χ0v) is 18.0. The van der Waals surface area contributed by atoms with Gasteiger partial charge in [-0.25, -0.2) is 14.1 Å². The maximum atomic E-state index is 13.5. The summed E-state index contributed by atoms with van der Waals surface area (Å²) in [5.41, 5.74) is 1.39. The van der Waals surface area contributed by atoms with Crippen molar-refractivity contribution in [1.29, 1.82) is 0 Å². The third kappa shape index (κ3) is 4.07. The summed E-state index contributed by atoms with van der Waals surface area (Å²) in [6, 6.07) is 11.7. The number of hydrogen-bond acceptors (Lipinski definition) is 3. The Hall–Kier alpha value is -2.44. The molecular weight excluding hydrogens is 426 g/mol. The molecule has 5 nitrogen and oxygen atoms in total. The van der Waals surface area contributed by atoms with Crippen LogP contribution in [0.1, 0.15) is 41.8 Å². The van der Waals surface area contributed by atoms with Crippen LogP contribution in [0.4, 0.5) is 4.39 Å². The summed E-state index contributed by atoms with van der Waals surface area (Å²) < 4.78 is 15.1. The van der Waals surface area contributed by atoms with Crippen LogP contribution in [-0.2, 0) is 12.8 Å². The second-order valence-corrected chi connectivity index (χ2v) is 8.13. The van der Waals surface area contributed by atoms with Crippen molar-refractivity contribution in [1.82, 2.24) is 19.7 Å². The topological polar surface area (TPSA) is 51.0 Å².